The fourth-order valence-corrected chi connectivity index (χ4v) is 5.28. The summed E-state index contributed by atoms with van der Waals surface area (Å²) in [5, 5.41) is 12.5. The fraction of sp³-hybridized carbons (Fsp3) is 0.303. The van der Waals surface area contributed by atoms with Gasteiger partial charge in [-0.2, -0.15) is 0 Å². The molecule has 1 heterocycles. The SMILES string of the molecule is CCCCCC(Cc1ccc(C(=O)NCCC(=O)O)cc1)C(=O)c1cc2cc(Cl)ccc2n1-c1cccc(OC(F)(F)F)c1. The first kappa shape index (κ1) is 32.6. The van der Waals surface area contributed by atoms with Gasteiger partial charge in [0.2, 0.25) is 0 Å². The summed E-state index contributed by atoms with van der Waals surface area (Å²) < 4.78 is 44.8. The zero-order chi connectivity index (χ0) is 31.9. The number of nitrogens with one attached hydrogen (secondary N) is 1. The van der Waals surface area contributed by atoms with E-state index in [9.17, 15) is 27.6 Å². The van der Waals surface area contributed by atoms with Crippen LogP contribution >= 0.6 is 11.6 Å². The number of ketones is 1. The Morgan fingerprint density at radius 3 is 2.43 bits per heavy atom. The summed E-state index contributed by atoms with van der Waals surface area (Å²) >= 11 is 6.24. The molecule has 0 radical (unpaired) electrons. The summed E-state index contributed by atoms with van der Waals surface area (Å²) in [5.41, 5.74) is 2.44. The summed E-state index contributed by atoms with van der Waals surface area (Å²) in [6.07, 6.45) is -1.41. The molecule has 4 aromatic rings. The van der Waals surface area contributed by atoms with Gasteiger partial charge >= 0.3 is 12.3 Å². The minimum Gasteiger partial charge on any atom is -0.481 e. The number of hydrogen-bond acceptors (Lipinski definition) is 4. The van der Waals surface area contributed by atoms with E-state index in [1.165, 1.54) is 18.2 Å². The third-order valence-electron chi connectivity index (χ3n) is 7.18. The number of unbranched alkanes of at least 4 members (excludes halogenated alkanes) is 2. The Morgan fingerprint density at radius 2 is 1.75 bits per heavy atom. The largest absolute Gasteiger partial charge is 0.573 e. The van der Waals surface area contributed by atoms with Crippen molar-refractivity contribution >= 4 is 40.2 Å². The van der Waals surface area contributed by atoms with Crippen LogP contribution in [0.4, 0.5) is 13.2 Å². The minimum atomic E-state index is -4.87. The van der Waals surface area contributed by atoms with Crippen LogP contribution in [0, 0.1) is 5.92 Å². The second kappa shape index (κ2) is 14.4. The number of carboxylic acids is 1. The molecule has 1 amide bonds. The van der Waals surface area contributed by atoms with Crippen molar-refractivity contribution in [2.24, 2.45) is 5.92 Å². The molecule has 0 saturated heterocycles. The number of nitrogens with zero attached hydrogens (tertiary/aromatic N) is 1. The number of hydrogen-bond donors (Lipinski definition) is 2. The number of ether oxygens (including phenoxy) is 1. The fourth-order valence-electron chi connectivity index (χ4n) is 5.10. The molecule has 0 saturated carbocycles. The van der Waals surface area contributed by atoms with Crippen molar-refractivity contribution in [3.63, 3.8) is 0 Å². The average molecular weight is 629 g/mol. The maximum absolute atomic E-state index is 14.3. The highest BCUT2D eigenvalue weighted by Gasteiger charge is 2.31. The van der Waals surface area contributed by atoms with Gasteiger partial charge < -0.3 is 19.7 Å². The van der Waals surface area contributed by atoms with Gasteiger partial charge in [-0.3, -0.25) is 14.4 Å². The molecule has 1 atom stereocenters. The first-order chi connectivity index (χ1) is 20.9. The number of Topliss-reactive ketones (excluding diaryl/α,β-unsaturated/α-hetero) is 1. The molecule has 4 rings (SSSR count). The molecule has 2 N–H and O–H groups in total. The normalized spacial score (nSPS) is 12.2. The Balaban J connectivity index is 1.67. The Hall–Kier alpha value is -4.31. The summed E-state index contributed by atoms with van der Waals surface area (Å²) in [6.45, 7) is 2.07. The van der Waals surface area contributed by atoms with E-state index >= 15 is 0 Å². The second-order valence-corrected chi connectivity index (χ2v) is 10.9. The van der Waals surface area contributed by atoms with Crippen molar-refractivity contribution < 1.29 is 37.4 Å². The van der Waals surface area contributed by atoms with Crippen LogP contribution in [0.25, 0.3) is 16.6 Å². The van der Waals surface area contributed by atoms with E-state index in [4.69, 9.17) is 16.7 Å². The lowest BCUT2D eigenvalue weighted by Gasteiger charge is -2.19. The highest BCUT2D eigenvalue weighted by atomic mass is 35.5. The number of carboxylic acid groups (broad SMARTS) is 1. The van der Waals surface area contributed by atoms with E-state index in [1.54, 1.807) is 59.2 Å². The van der Waals surface area contributed by atoms with Crippen LogP contribution < -0.4 is 10.1 Å². The van der Waals surface area contributed by atoms with Crippen molar-refractivity contribution in [3.05, 3.63) is 94.6 Å². The molecule has 7 nitrogen and oxygen atoms in total. The lowest BCUT2D eigenvalue weighted by Crippen LogP contribution is -2.26. The topological polar surface area (TPSA) is 97.6 Å². The van der Waals surface area contributed by atoms with Crippen molar-refractivity contribution in [1.29, 1.82) is 0 Å². The number of aliphatic carboxylic acids is 1. The average Bonchev–Trinajstić information content (AvgIpc) is 3.34. The standard InChI is InChI=1S/C33H32ClF3N2O5/c1-2-3-4-6-23(17-21-9-11-22(12-10-21)32(43)38-16-15-30(40)41)31(42)29-19-24-18-25(34)13-14-28(24)39(29)26-7-5-8-27(20-26)44-33(35,36)37/h5,7-14,18-20,23H,2-4,6,15-17H2,1H3,(H,38,43)(H,40,41). The minimum absolute atomic E-state index is 0.00831. The number of benzene rings is 3. The van der Waals surface area contributed by atoms with Gasteiger partial charge in [0.25, 0.3) is 5.91 Å². The number of fused-ring (bicyclic) bond motifs is 1. The van der Waals surface area contributed by atoms with Crippen LogP contribution in [-0.2, 0) is 11.2 Å². The van der Waals surface area contributed by atoms with E-state index in [0.29, 0.717) is 45.7 Å². The molecular formula is C33H32ClF3N2O5. The molecule has 0 spiro atoms. The van der Waals surface area contributed by atoms with Crippen LogP contribution in [0.2, 0.25) is 5.02 Å². The van der Waals surface area contributed by atoms with Crippen LogP contribution in [0.15, 0.2) is 72.8 Å². The first-order valence-electron chi connectivity index (χ1n) is 14.3. The third-order valence-corrected chi connectivity index (χ3v) is 7.41. The molecule has 44 heavy (non-hydrogen) atoms. The number of halogens is 4. The van der Waals surface area contributed by atoms with Gasteiger partial charge in [0, 0.05) is 40.2 Å². The summed E-state index contributed by atoms with van der Waals surface area (Å²) in [6, 6.07) is 19.1. The third kappa shape index (κ3) is 8.63. The molecule has 0 fully saturated rings. The molecule has 3 aromatic carbocycles. The Bertz CT molecular complexity index is 1630. The highest BCUT2D eigenvalue weighted by Crippen LogP contribution is 2.32. The van der Waals surface area contributed by atoms with Gasteiger partial charge in [-0.25, -0.2) is 0 Å². The first-order valence-corrected chi connectivity index (χ1v) is 14.6. The van der Waals surface area contributed by atoms with Gasteiger partial charge in [-0.05, 0) is 66.9 Å². The zero-order valence-electron chi connectivity index (χ0n) is 24.0. The number of carbonyl (C=O) groups excluding carboxylic acids is 2. The Kier molecular flexibility index (Phi) is 10.7. The number of carbonyl (C=O) groups is 3. The monoisotopic (exact) mass is 628 g/mol. The summed E-state index contributed by atoms with van der Waals surface area (Å²) in [5.74, 6) is -2.44. The summed E-state index contributed by atoms with van der Waals surface area (Å²) in [4.78, 5) is 37.4. The van der Waals surface area contributed by atoms with Gasteiger partial charge in [-0.1, -0.05) is 56.0 Å². The number of amides is 1. The van der Waals surface area contributed by atoms with Crippen molar-refractivity contribution in [3.8, 4) is 11.4 Å². The quantitative estimate of drug-likeness (QED) is 0.109. The van der Waals surface area contributed by atoms with Crippen LogP contribution in [0.5, 0.6) is 5.75 Å². The molecule has 232 valence electrons. The maximum atomic E-state index is 14.3. The van der Waals surface area contributed by atoms with Crippen LogP contribution in [-0.4, -0.2) is 40.2 Å². The highest BCUT2D eigenvalue weighted by molar-refractivity contribution is 6.31. The number of rotatable bonds is 14. The number of alkyl halides is 3. The van der Waals surface area contributed by atoms with E-state index < -0.39 is 29.9 Å². The molecule has 11 heteroatoms. The molecule has 0 bridgehead atoms. The van der Waals surface area contributed by atoms with Gasteiger partial charge in [-0.15, -0.1) is 13.2 Å². The molecular weight excluding hydrogens is 597 g/mol. The molecule has 0 aliphatic carbocycles. The van der Waals surface area contributed by atoms with E-state index in [1.807, 2.05) is 0 Å². The van der Waals surface area contributed by atoms with Crippen molar-refractivity contribution in [1.82, 2.24) is 9.88 Å². The van der Waals surface area contributed by atoms with E-state index in [-0.39, 0.29) is 18.7 Å². The maximum Gasteiger partial charge on any atom is 0.573 e. The van der Waals surface area contributed by atoms with Crippen molar-refractivity contribution in [2.45, 2.75) is 51.8 Å². The lowest BCUT2D eigenvalue weighted by molar-refractivity contribution is -0.274. The molecule has 1 aromatic heterocycles. The van der Waals surface area contributed by atoms with Crippen LogP contribution in [0.1, 0.15) is 65.4 Å². The van der Waals surface area contributed by atoms with Gasteiger partial charge in [0.05, 0.1) is 17.6 Å². The Labute approximate surface area is 257 Å². The molecule has 0 aliphatic heterocycles. The predicted molar refractivity (Wildman–Crippen MR) is 162 cm³/mol. The van der Waals surface area contributed by atoms with Gasteiger partial charge in [0.15, 0.2) is 5.78 Å². The smallest absolute Gasteiger partial charge is 0.481 e. The molecule has 0 aliphatic rings. The second-order valence-electron chi connectivity index (χ2n) is 10.5. The molecule has 1 unspecified atom stereocenters. The van der Waals surface area contributed by atoms with E-state index in [2.05, 4.69) is 17.0 Å². The summed E-state index contributed by atoms with van der Waals surface area (Å²) in [7, 11) is 0. The zero-order valence-corrected chi connectivity index (χ0v) is 24.8. The number of aromatic nitrogens is 1. The van der Waals surface area contributed by atoms with E-state index in [0.717, 1.165) is 24.8 Å². The van der Waals surface area contributed by atoms with Gasteiger partial charge in [0.1, 0.15) is 5.75 Å². The predicted octanol–water partition coefficient (Wildman–Crippen LogP) is 8.01. The Morgan fingerprint density at radius 1 is 1.00 bits per heavy atom. The van der Waals surface area contributed by atoms with Crippen molar-refractivity contribution in [2.75, 3.05) is 6.54 Å². The van der Waals surface area contributed by atoms with Crippen LogP contribution in [0.3, 0.4) is 0 Å². The lowest BCUT2D eigenvalue weighted by atomic mass is 9.88.